The van der Waals surface area contributed by atoms with Gasteiger partial charge in [0.2, 0.25) is 0 Å². The average Bonchev–Trinajstić information content (AvgIpc) is 3.14. The molecule has 0 saturated heterocycles. The SMILES string of the molecule is CCOC(=O)C1=C(C)N=c2sc(=Cc3ccc(OCC)cc3)c(=O)n2C1c1ccccc1OC. The lowest BCUT2D eigenvalue weighted by atomic mass is 9.95. The summed E-state index contributed by atoms with van der Waals surface area (Å²) >= 11 is 1.28. The van der Waals surface area contributed by atoms with Crippen LogP contribution in [-0.4, -0.2) is 30.9 Å². The van der Waals surface area contributed by atoms with Crippen molar-refractivity contribution in [1.82, 2.24) is 4.57 Å². The van der Waals surface area contributed by atoms with E-state index in [4.69, 9.17) is 14.2 Å². The molecule has 2 aromatic carbocycles. The normalized spacial score (nSPS) is 15.5. The Hall–Kier alpha value is -3.65. The molecule has 1 atom stereocenters. The summed E-state index contributed by atoms with van der Waals surface area (Å²) < 4.78 is 18.5. The van der Waals surface area contributed by atoms with E-state index in [1.54, 1.807) is 25.5 Å². The van der Waals surface area contributed by atoms with Gasteiger partial charge in [0.05, 0.1) is 36.1 Å². The minimum Gasteiger partial charge on any atom is -0.496 e. The van der Waals surface area contributed by atoms with Gasteiger partial charge in [-0.3, -0.25) is 9.36 Å². The molecule has 0 bridgehead atoms. The maximum atomic E-state index is 13.6. The number of carbonyl (C=O) groups is 1. The Balaban J connectivity index is 1.92. The highest BCUT2D eigenvalue weighted by atomic mass is 32.1. The van der Waals surface area contributed by atoms with Crippen LogP contribution in [0.5, 0.6) is 11.5 Å². The number of aromatic nitrogens is 1. The van der Waals surface area contributed by atoms with Crippen LogP contribution >= 0.6 is 11.3 Å². The molecule has 3 aromatic rings. The number of methoxy groups -OCH3 is 1. The third-order valence-electron chi connectivity index (χ3n) is 5.44. The number of fused-ring (bicyclic) bond motifs is 1. The van der Waals surface area contributed by atoms with Crippen molar-refractivity contribution in [3.63, 3.8) is 0 Å². The molecule has 0 spiro atoms. The first-order chi connectivity index (χ1) is 16.5. The van der Waals surface area contributed by atoms with Crippen molar-refractivity contribution in [3.8, 4) is 11.5 Å². The molecule has 0 fully saturated rings. The van der Waals surface area contributed by atoms with Crippen molar-refractivity contribution in [2.24, 2.45) is 4.99 Å². The number of allylic oxidation sites excluding steroid dienone is 1. The van der Waals surface area contributed by atoms with E-state index in [9.17, 15) is 9.59 Å². The lowest BCUT2D eigenvalue weighted by Crippen LogP contribution is -2.40. The minimum absolute atomic E-state index is 0.219. The number of carbonyl (C=O) groups excluding carboxylic acids is 1. The quantitative estimate of drug-likeness (QED) is 0.488. The number of thiazole rings is 1. The number of nitrogens with zero attached hydrogens (tertiary/aromatic N) is 2. The van der Waals surface area contributed by atoms with Crippen LogP contribution in [0.25, 0.3) is 6.08 Å². The van der Waals surface area contributed by atoms with Gasteiger partial charge in [-0.2, -0.15) is 0 Å². The number of ether oxygens (including phenoxy) is 3. The molecule has 0 amide bonds. The molecule has 1 unspecified atom stereocenters. The van der Waals surface area contributed by atoms with Crippen LogP contribution in [-0.2, 0) is 9.53 Å². The average molecular weight is 479 g/mol. The Morgan fingerprint density at radius 3 is 2.53 bits per heavy atom. The summed E-state index contributed by atoms with van der Waals surface area (Å²) in [6.45, 7) is 6.25. The van der Waals surface area contributed by atoms with Gasteiger partial charge in [-0.15, -0.1) is 0 Å². The molecule has 1 aliphatic rings. The number of hydrogen-bond acceptors (Lipinski definition) is 7. The van der Waals surface area contributed by atoms with Crippen molar-refractivity contribution in [3.05, 3.63) is 90.6 Å². The van der Waals surface area contributed by atoms with E-state index in [2.05, 4.69) is 4.99 Å². The van der Waals surface area contributed by atoms with Crippen molar-refractivity contribution < 1.29 is 19.0 Å². The van der Waals surface area contributed by atoms with Crippen molar-refractivity contribution in [2.45, 2.75) is 26.8 Å². The number of esters is 1. The molecule has 176 valence electrons. The first-order valence-corrected chi connectivity index (χ1v) is 11.9. The Kier molecular flexibility index (Phi) is 6.98. The number of hydrogen-bond donors (Lipinski definition) is 0. The van der Waals surface area contributed by atoms with Crippen LogP contribution in [0, 0.1) is 0 Å². The van der Waals surface area contributed by atoms with E-state index in [-0.39, 0.29) is 12.2 Å². The molecule has 34 heavy (non-hydrogen) atoms. The summed E-state index contributed by atoms with van der Waals surface area (Å²) in [6.07, 6.45) is 1.82. The second kappa shape index (κ2) is 10.1. The molecule has 0 aliphatic carbocycles. The fourth-order valence-corrected chi connectivity index (χ4v) is 5.00. The first kappa shape index (κ1) is 23.5. The molecular formula is C26H26N2O5S. The third-order valence-corrected chi connectivity index (χ3v) is 6.42. The van der Waals surface area contributed by atoms with Gasteiger partial charge < -0.3 is 14.2 Å². The van der Waals surface area contributed by atoms with Crippen LogP contribution in [0.3, 0.4) is 0 Å². The second-order valence-electron chi connectivity index (χ2n) is 7.55. The van der Waals surface area contributed by atoms with Crippen molar-refractivity contribution in [1.29, 1.82) is 0 Å². The van der Waals surface area contributed by atoms with Gasteiger partial charge in [-0.25, -0.2) is 9.79 Å². The van der Waals surface area contributed by atoms with E-state index in [1.807, 2.05) is 61.5 Å². The van der Waals surface area contributed by atoms with E-state index >= 15 is 0 Å². The molecular weight excluding hydrogens is 452 g/mol. The number of para-hydroxylation sites is 1. The van der Waals surface area contributed by atoms with Crippen molar-refractivity contribution >= 4 is 23.4 Å². The van der Waals surface area contributed by atoms with Crippen LogP contribution in [0.2, 0.25) is 0 Å². The molecule has 7 nitrogen and oxygen atoms in total. The Morgan fingerprint density at radius 1 is 1.12 bits per heavy atom. The smallest absolute Gasteiger partial charge is 0.338 e. The van der Waals surface area contributed by atoms with Gasteiger partial charge in [0, 0.05) is 5.56 Å². The summed E-state index contributed by atoms with van der Waals surface area (Å²) in [7, 11) is 1.56. The van der Waals surface area contributed by atoms with Gasteiger partial charge in [-0.05, 0) is 50.6 Å². The van der Waals surface area contributed by atoms with E-state index in [0.717, 1.165) is 11.3 Å². The highest BCUT2D eigenvalue weighted by molar-refractivity contribution is 7.07. The maximum absolute atomic E-state index is 13.6. The second-order valence-corrected chi connectivity index (χ2v) is 8.56. The van der Waals surface area contributed by atoms with Gasteiger partial charge in [-0.1, -0.05) is 41.7 Å². The van der Waals surface area contributed by atoms with Gasteiger partial charge in [0.25, 0.3) is 5.56 Å². The summed E-state index contributed by atoms with van der Waals surface area (Å²) in [5, 5.41) is 0. The van der Waals surface area contributed by atoms with Gasteiger partial charge in [0.1, 0.15) is 17.5 Å². The van der Waals surface area contributed by atoms with Gasteiger partial charge >= 0.3 is 5.97 Å². The molecule has 0 saturated carbocycles. The largest absolute Gasteiger partial charge is 0.496 e. The lowest BCUT2D eigenvalue weighted by molar-refractivity contribution is -0.139. The zero-order valence-corrected chi connectivity index (χ0v) is 20.3. The molecule has 1 aromatic heterocycles. The Labute approximate surface area is 201 Å². The minimum atomic E-state index is -0.714. The molecule has 0 N–H and O–H groups in total. The Bertz CT molecular complexity index is 1420. The van der Waals surface area contributed by atoms with Crippen LogP contribution in [0.15, 0.2) is 69.6 Å². The highest BCUT2D eigenvalue weighted by Crippen LogP contribution is 2.35. The van der Waals surface area contributed by atoms with E-state index in [0.29, 0.717) is 38.5 Å². The Morgan fingerprint density at radius 2 is 1.85 bits per heavy atom. The summed E-state index contributed by atoms with van der Waals surface area (Å²) in [4.78, 5) is 31.7. The standard InChI is InChI=1S/C26H26N2O5S/c1-5-32-18-13-11-17(12-14-18)15-21-24(29)28-23(19-9-7-8-10-20(19)31-4)22(25(30)33-6-2)16(3)27-26(28)34-21/h7-15,23H,5-6H2,1-4H3. The summed E-state index contributed by atoms with van der Waals surface area (Å²) in [5.41, 5.74) is 2.16. The number of rotatable bonds is 7. The fourth-order valence-electron chi connectivity index (χ4n) is 3.96. The van der Waals surface area contributed by atoms with Crippen LogP contribution in [0.4, 0.5) is 0 Å². The molecule has 1 aliphatic heterocycles. The predicted octanol–water partition coefficient (Wildman–Crippen LogP) is 3.21. The topological polar surface area (TPSA) is 79.1 Å². The zero-order chi connectivity index (χ0) is 24.2. The summed E-state index contributed by atoms with van der Waals surface area (Å²) in [6, 6.07) is 14.2. The van der Waals surface area contributed by atoms with E-state index < -0.39 is 12.0 Å². The molecule has 0 radical (unpaired) electrons. The van der Waals surface area contributed by atoms with E-state index in [1.165, 1.54) is 11.3 Å². The predicted molar refractivity (Wildman–Crippen MR) is 131 cm³/mol. The van der Waals surface area contributed by atoms with Crippen LogP contribution < -0.4 is 24.4 Å². The first-order valence-electron chi connectivity index (χ1n) is 11.0. The number of benzene rings is 2. The van der Waals surface area contributed by atoms with Crippen molar-refractivity contribution in [2.75, 3.05) is 20.3 Å². The van der Waals surface area contributed by atoms with Crippen LogP contribution in [0.1, 0.15) is 37.9 Å². The molecule has 4 rings (SSSR count). The fraction of sp³-hybridized carbons (Fsp3) is 0.269. The lowest BCUT2D eigenvalue weighted by Gasteiger charge is -2.25. The van der Waals surface area contributed by atoms with Gasteiger partial charge in [0.15, 0.2) is 4.80 Å². The maximum Gasteiger partial charge on any atom is 0.338 e. The monoisotopic (exact) mass is 478 g/mol. The third kappa shape index (κ3) is 4.41. The summed E-state index contributed by atoms with van der Waals surface area (Å²) in [5.74, 6) is 0.845. The molecule has 2 heterocycles. The molecule has 8 heteroatoms. The highest BCUT2D eigenvalue weighted by Gasteiger charge is 2.34. The zero-order valence-electron chi connectivity index (χ0n) is 19.5.